The first-order chi connectivity index (χ1) is 10.1. The van der Waals surface area contributed by atoms with Gasteiger partial charge in [-0.2, -0.15) is 11.8 Å². The molecule has 1 aliphatic rings. The van der Waals surface area contributed by atoms with Crippen LogP contribution >= 0.6 is 27.7 Å². The average Bonchev–Trinajstić information content (AvgIpc) is 2.53. The highest BCUT2D eigenvalue weighted by Crippen LogP contribution is 2.38. The largest absolute Gasteiger partial charge is 0.496 e. The van der Waals surface area contributed by atoms with Gasteiger partial charge in [-0.25, -0.2) is 0 Å². The van der Waals surface area contributed by atoms with E-state index in [2.05, 4.69) is 46.6 Å². The first-order valence-electron chi connectivity index (χ1n) is 7.72. The second-order valence-electron chi connectivity index (χ2n) is 5.94. The van der Waals surface area contributed by atoms with Gasteiger partial charge in [0, 0.05) is 17.3 Å². The zero-order valence-electron chi connectivity index (χ0n) is 13.2. The molecular formula is C17H26BrNOS. The van der Waals surface area contributed by atoms with Crippen molar-refractivity contribution in [1.29, 1.82) is 0 Å². The summed E-state index contributed by atoms with van der Waals surface area (Å²) in [6, 6.07) is 6.69. The van der Waals surface area contributed by atoms with Crippen LogP contribution < -0.4 is 10.1 Å². The van der Waals surface area contributed by atoms with Gasteiger partial charge in [-0.1, -0.05) is 25.3 Å². The van der Waals surface area contributed by atoms with Gasteiger partial charge in [0.05, 0.1) is 11.6 Å². The third-order valence-electron chi connectivity index (χ3n) is 4.60. The zero-order valence-corrected chi connectivity index (χ0v) is 15.6. The number of thioether (sulfide) groups is 1. The van der Waals surface area contributed by atoms with Crippen LogP contribution in [0.15, 0.2) is 22.7 Å². The molecule has 0 bridgehead atoms. The molecule has 0 aliphatic heterocycles. The Morgan fingerprint density at radius 2 is 2.05 bits per heavy atom. The number of benzene rings is 1. The lowest BCUT2D eigenvalue weighted by Crippen LogP contribution is -2.40. The summed E-state index contributed by atoms with van der Waals surface area (Å²) in [4.78, 5) is 0. The summed E-state index contributed by atoms with van der Waals surface area (Å²) in [6.45, 7) is 3.34. The highest BCUT2D eigenvalue weighted by molar-refractivity contribution is 9.10. The van der Waals surface area contributed by atoms with Crippen molar-refractivity contribution in [3.8, 4) is 5.75 Å². The Bertz CT molecular complexity index is 460. The predicted molar refractivity (Wildman–Crippen MR) is 96.4 cm³/mol. The fourth-order valence-electron chi connectivity index (χ4n) is 3.06. The minimum absolute atomic E-state index is 0.359. The highest BCUT2D eigenvalue weighted by atomic mass is 79.9. The van der Waals surface area contributed by atoms with Gasteiger partial charge in [0.25, 0.3) is 0 Å². The first-order valence-corrected chi connectivity index (χ1v) is 9.74. The molecule has 0 saturated heterocycles. The van der Waals surface area contributed by atoms with E-state index in [1.54, 1.807) is 7.11 Å². The Morgan fingerprint density at radius 3 is 2.62 bits per heavy atom. The second-order valence-corrected chi connectivity index (χ2v) is 8.07. The Kier molecular flexibility index (Phi) is 6.45. The Morgan fingerprint density at radius 1 is 1.33 bits per heavy atom. The summed E-state index contributed by atoms with van der Waals surface area (Å²) >= 11 is 5.62. The van der Waals surface area contributed by atoms with Crippen molar-refractivity contribution in [3.63, 3.8) is 0 Å². The molecule has 118 valence electrons. The quantitative estimate of drug-likeness (QED) is 0.744. The van der Waals surface area contributed by atoms with Gasteiger partial charge < -0.3 is 10.1 Å². The molecule has 1 saturated carbocycles. The molecule has 0 radical (unpaired) electrons. The topological polar surface area (TPSA) is 21.3 Å². The third kappa shape index (κ3) is 4.40. The maximum atomic E-state index is 5.30. The molecule has 2 nitrogen and oxygen atoms in total. The molecule has 1 N–H and O–H groups in total. The molecule has 0 spiro atoms. The van der Waals surface area contributed by atoms with Gasteiger partial charge in [-0.3, -0.25) is 0 Å². The van der Waals surface area contributed by atoms with Crippen molar-refractivity contribution in [2.45, 2.75) is 49.8 Å². The van der Waals surface area contributed by atoms with Crippen LogP contribution in [0, 0.1) is 0 Å². The van der Waals surface area contributed by atoms with Crippen LogP contribution in [-0.2, 0) is 0 Å². The van der Waals surface area contributed by atoms with E-state index in [9.17, 15) is 0 Å². The molecule has 1 aromatic carbocycles. The summed E-state index contributed by atoms with van der Waals surface area (Å²) in [5.41, 5.74) is 1.30. The average molecular weight is 372 g/mol. The Balaban J connectivity index is 1.97. The molecule has 1 aromatic rings. The number of nitrogens with one attached hydrogen (secondary N) is 1. The monoisotopic (exact) mass is 371 g/mol. The van der Waals surface area contributed by atoms with E-state index in [4.69, 9.17) is 4.74 Å². The van der Waals surface area contributed by atoms with Gasteiger partial charge in [-0.05, 0) is 59.6 Å². The van der Waals surface area contributed by atoms with Crippen LogP contribution in [0.4, 0.5) is 0 Å². The molecule has 0 amide bonds. The van der Waals surface area contributed by atoms with Gasteiger partial charge in [0.2, 0.25) is 0 Å². The summed E-state index contributed by atoms with van der Waals surface area (Å²) in [5, 5.41) is 3.74. The van der Waals surface area contributed by atoms with E-state index in [1.807, 2.05) is 17.8 Å². The Labute approximate surface area is 141 Å². The SMILES string of the molecule is COc1ccc(C(C)NCC2(SC)CCCCC2)cc1Br. The van der Waals surface area contributed by atoms with E-state index >= 15 is 0 Å². The number of hydrogen-bond donors (Lipinski definition) is 1. The maximum Gasteiger partial charge on any atom is 0.133 e. The minimum Gasteiger partial charge on any atom is -0.496 e. The van der Waals surface area contributed by atoms with E-state index in [0.29, 0.717) is 10.8 Å². The van der Waals surface area contributed by atoms with Crippen molar-refractivity contribution < 1.29 is 4.74 Å². The normalized spacial score (nSPS) is 19.2. The number of rotatable bonds is 6. The molecule has 4 heteroatoms. The smallest absolute Gasteiger partial charge is 0.133 e. The van der Waals surface area contributed by atoms with Crippen molar-refractivity contribution in [2.24, 2.45) is 0 Å². The summed E-state index contributed by atoms with van der Waals surface area (Å²) < 4.78 is 6.76. The van der Waals surface area contributed by atoms with Crippen LogP contribution in [-0.4, -0.2) is 24.7 Å². The third-order valence-corrected chi connectivity index (χ3v) is 6.64. The fraction of sp³-hybridized carbons (Fsp3) is 0.647. The molecular weight excluding hydrogens is 346 g/mol. The molecule has 0 aromatic heterocycles. The predicted octanol–water partition coefficient (Wildman–Crippen LogP) is 5.17. The van der Waals surface area contributed by atoms with E-state index in [-0.39, 0.29) is 0 Å². The van der Waals surface area contributed by atoms with Crippen LogP contribution in [0.25, 0.3) is 0 Å². The van der Waals surface area contributed by atoms with Crippen LogP contribution in [0.1, 0.15) is 50.6 Å². The molecule has 2 rings (SSSR count). The van der Waals surface area contributed by atoms with Crippen LogP contribution in [0.5, 0.6) is 5.75 Å². The first kappa shape index (κ1) is 17.2. The fourth-order valence-corrected chi connectivity index (χ4v) is 4.54. The van der Waals surface area contributed by atoms with Gasteiger partial charge >= 0.3 is 0 Å². The molecule has 21 heavy (non-hydrogen) atoms. The Hall–Kier alpha value is -0.190. The molecule has 0 heterocycles. The lowest BCUT2D eigenvalue weighted by molar-refractivity contribution is 0.367. The van der Waals surface area contributed by atoms with Crippen LogP contribution in [0.2, 0.25) is 0 Å². The van der Waals surface area contributed by atoms with Crippen molar-refractivity contribution in [1.82, 2.24) is 5.32 Å². The van der Waals surface area contributed by atoms with Crippen molar-refractivity contribution in [3.05, 3.63) is 28.2 Å². The lowest BCUT2D eigenvalue weighted by Gasteiger charge is -2.37. The zero-order chi connectivity index (χ0) is 15.3. The van der Waals surface area contributed by atoms with E-state index < -0.39 is 0 Å². The summed E-state index contributed by atoms with van der Waals surface area (Å²) in [6.07, 6.45) is 9.13. The second kappa shape index (κ2) is 7.89. The van der Waals surface area contributed by atoms with E-state index in [0.717, 1.165) is 16.8 Å². The highest BCUT2D eigenvalue weighted by Gasteiger charge is 2.31. The van der Waals surface area contributed by atoms with Crippen molar-refractivity contribution in [2.75, 3.05) is 19.9 Å². The van der Waals surface area contributed by atoms with E-state index in [1.165, 1.54) is 37.7 Å². The number of methoxy groups -OCH3 is 1. The van der Waals surface area contributed by atoms with Gasteiger partial charge in [0.15, 0.2) is 0 Å². The van der Waals surface area contributed by atoms with Gasteiger partial charge in [0.1, 0.15) is 5.75 Å². The maximum absolute atomic E-state index is 5.30. The minimum atomic E-state index is 0.359. The molecule has 1 aliphatic carbocycles. The number of hydrogen-bond acceptors (Lipinski definition) is 3. The molecule has 1 unspecified atom stereocenters. The summed E-state index contributed by atoms with van der Waals surface area (Å²) in [5.74, 6) is 0.888. The lowest BCUT2D eigenvalue weighted by atomic mass is 9.88. The standard InChI is InChI=1S/C17H26BrNOS/c1-13(14-7-8-16(20-2)15(18)11-14)19-12-17(21-3)9-5-4-6-10-17/h7-8,11,13,19H,4-6,9-10,12H2,1-3H3. The summed E-state index contributed by atoms with van der Waals surface area (Å²) in [7, 11) is 1.70. The van der Waals surface area contributed by atoms with Crippen LogP contribution in [0.3, 0.4) is 0 Å². The number of halogens is 1. The molecule has 1 fully saturated rings. The molecule has 1 atom stereocenters. The van der Waals surface area contributed by atoms with Gasteiger partial charge in [-0.15, -0.1) is 0 Å². The van der Waals surface area contributed by atoms with Crippen molar-refractivity contribution >= 4 is 27.7 Å². The number of ether oxygens (including phenoxy) is 1.